The molecule has 3 unspecified atom stereocenters. The first-order valence-corrected chi connectivity index (χ1v) is 9.96. The number of carbonyl (C=O) groups is 4. The van der Waals surface area contributed by atoms with E-state index in [4.69, 9.17) is 18.5 Å². The standard InChI is InChI=1S/C23H19ClF2N2O4/c24-16-5-3-15(4-6-16)23(25,26)19(29)9-2-13-1-7-17-14(11-13)12-28(22(17)32)18-8-10-20(30)27-21(18)31/h1,3-7,11,18H,2,8-10,12H2,(H,27,30,31)/i1D,2D,7D,11D,12D. The van der Waals surface area contributed by atoms with Gasteiger partial charge < -0.3 is 4.90 Å². The van der Waals surface area contributed by atoms with Crippen LogP contribution in [-0.2, 0) is 33.2 Å². The van der Waals surface area contributed by atoms with Crippen molar-refractivity contribution in [3.8, 4) is 0 Å². The van der Waals surface area contributed by atoms with Gasteiger partial charge in [0.15, 0.2) is 0 Å². The molecule has 3 amide bonds. The number of imide groups is 1. The van der Waals surface area contributed by atoms with Crippen molar-refractivity contribution >= 4 is 35.1 Å². The zero-order valence-corrected chi connectivity index (χ0v) is 17.1. The lowest BCUT2D eigenvalue weighted by Gasteiger charge is -2.29. The number of benzene rings is 2. The van der Waals surface area contributed by atoms with E-state index in [-0.39, 0.29) is 23.4 Å². The van der Waals surface area contributed by atoms with Crippen LogP contribution in [0.25, 0.3) is 0 Å². The number of piperidine rings is 1. The van der Waals surface area contributed by atoms with E-state index in [2.05, 4.69) is 5.32 Å². The van der Waals surface area contributed by atoms with Crippen LogP contribution >= 0.6 is 11.6 Å². The van der Waals surface area contributed by atoms with Gasteiger partial charge in [0.05, 0.1) is 5.48 Å². The Bertz CT molecular complexity index is 1340. The van der Waals surface area contributed by atoms with E-state index in [0.29, 0.717) is 0 Å². The smallest absolute Gasteiger partial charge is 0.322 e. The zero-order valence-electron chi connectivity index (χ0n) is 21.4. The Morgan fingerprint density at radius 1 is 1.28 bits per heavy atom. The Kier molecular flexibility index (Phi) is 4.34. The zero-order chi connectivity index (χ0) is 27.4. The van der Waals surface area contributed by atoms with Gasteiger partial charge in [-0.1, -0.05) is 35.8 Å². The maximum absolute atomic E-state index is 14.7. The number of rotatable bonds is 6. The van der Waals surface area contributed by atoms with Gasteiger partial charge in [0.25, 0.3) is 5.91 Å². The molecule has 0 saturated carbocycles. The van der Waals surface area contributed by atoms with E-state index in [9.17, 15) is 28.0 Å². The number of fused-ring (bicyclic) bond motifs is 1. The van der Waals surface area contributed by atoms with Crippen molar-refractivity contribution in [3.05, 3.63) is 69.7 Å². The number of carbonyl (C=O) groups excluding carboxylic acids is 4. The molecule has 0 spiro atoms. The molecule has 0 radical (unpaired) electrons. The predicted molar refractivity (Wildman–Crippen MR) is 111 cm³/mol. The molecular formula is C23H19ClF2N2O4. The molecule has 2 aliphatic rings. The van der Waals surface area contributed by atoms with Gasteiger partial charge in [0.1, 0.15) is 6.04 Å². The van der Waals surface area contributed by atoms with Crippen LogP contribution in [0.2, 0.25) is 5.02 Å². The minimum atomic E-state index is -3.99. The molecule has 166 valence electrons. The molecule has 4 rings (SSSR count). The fraction of sp³-hybridized carbons (Fsp3) is 0.304. The molecule has 2 heterocycles. The van der Waals surface area contributed by atoms with E-state index in [0.717, 1.165) is 17.0 Å². The number of nitrogens with one attached hydrogen (secondary N) is 1. The summed E-state index contributed by atoms with van der Waals surface area (Å²) < 4.78 is 71.4. The van der Waals surface area contributed by atoms with Crippen LogP contribution in [0.15, 0.2) is 42.4 Å². The Labute approximate surface area is 194 Å². The summed E-state index contributed by atoms with van der Waals surface area (Å²) in [7, 11) is 0. The second-order valence-electron chi connectivity index (χ2n) is 7.30. The van der Waals surface area contributed by atoms with Gasteiger partial charge in [-0.3, -0.25) is 24.5 Å². The molecule has 1 saturated heterocycles. The Balaban J connectivity index is 1.67. The molecule has 1 N–H and O–H groups in total. The van der Waals surface area contributed by atoms with Crippen LogP contribution in [-0.4, -0.2) is 34.4 Å². The number of hydrogen-bond acceptors (Lipinski definition) is 4. The second kappa shape index (κ2) is 8.43. The number of hydrogen-bond donors (Lipinski definition) is 1. The molecule has 0 bridgehead atoms. The summed E-state index contributed by atoms with van der Waals surface area (Å²) in [5.41, 5.74) is -2.05. The summed E-state index contributed by atoms with van der Waals surface area (Å²) in [4.78, 5) is 50.1. The van der Waals surface area contributed by atoms with Crippen molar-refractivity contribution in [1.29, 1.82) is 0 Å². The molecule has 1 fully saturated rings. The molecule has 0 aromatic heterocycles. The third kappa shape index (κ3) is 4.14. The quantitative estimate of drug-likeness (QED) is 0.663. The average Bonchev–Trinajstić information content (AvgIpc) is 3.08. The third-order valence-electron chi connectivity index (χ3n) is 5.17. The van der Waals surface area contributed by atoms with E-state index in [1.54, 1.807) is 0 Å². The molecule has 2 aliphatic heterocycles. The van der Waals surface area contributed by atoms with E-state index in [1.165, 1.54) is 12.1 Å². The van der Waals surface area contributed by atoms with Crippen LogP contribution in [0.1, 0.15) is 53.2 Å². The first kappa shape index (κ1) is 16.5. The van der Waals surface area contributed by atoms with Gasteiger partial charge >= 0.3 is 5.92 Å². The van der Waals surface area contributed by atoms with Crippen molar-refractivity contribution in [2.24, 2.45) is 0 Å². The minimum Gasteiger partial charge on any atom is -0.322 e. The molecule has 2 aromatic rings. The highest BCUT2D eigenvalue weighted by atomic mass is 35.5. The Morgan fingerprint density at radius 2 is 2.00 bits per heavy atom. The van der Waals surface area contributed by atoms with E-state index in [1.807, 2.05) is 0 Å². The van der Waals surface area contributed by atoms with Gasteiger partial charge in [-0.15, -0.1) is 0 Å². The lowest BCUT2D eigenvalue weighted by molar-refractivity contribution is -0.144. The Morgan fingerprint density at radius 3 is 2.69 bits per heavy atom. The molecule has 32 heavy (non-hydrogen) atoms. The minimum absolute atomic E-state index is 0.0869. The van der Waals surface area contributed by atoms with Crippen LogP contribution in [0.3, 0.4) is 0 Å². The second-order valence-corrected chi connectivity index (χ2v) is 7.73. The van der Waals surface area contributed by atoms with Crippen molar-refractivity contribution in [2.45, 2.75) is 44.1 Å². The van der Waals surface area contributed by atoms with Crippen molar-refractivity contribution in [3.63, 3.8) is 0 Å². The number of amides is 3. The first-order valence-electron chi connectivity index (χ1n) is 12.2. The fourth-order valence-corrected chi connectivity index (χ4v) is 3.58. The SMILES string of the molecule is [2H]c1c([2H])c(C([2H])CC(=O)C(F)(F)c2ccc(Cl)cc2)c([2H])c2c1C(=O)N(C1CCC(=O)NC1=O)C2[2H]. The molecule has 3 atom stereocenters. The topological polar surface area (TPSA) is 83.6 Å². The normalized spacial score (nSPS) is 24.0. The first-order chi connectivity index (χ1) is 17.3. The van der Waals surface area contributed by atoms with Crippen LogP contribution in [0, 0.1) is 0 Å². The van der Waals surface area contributed by atoms with Gasteiger partial charge in [-0.2, -0.15) is 8.78 Å². The van der Waals surface area contributed by atoms with Crippen molar-refractivity contribution < 1.29 is 34.8 Å². The molecular weight excluding hydrogens is 442 g/mol. The number of ketones is 1. The number of Topliss-reactive ketones (excluding diaryl/α,β-unsaturated/α-hetero) is 1. The molecule has 0 aliphatic carbocycles. The highest BCUT2D eigenvalue weighted by molar-refractivity contribution is 6.30. The lowest BCUT2D eigenvalue weighted by Crippen LogP contribution is -2.52. The maximum atomic E-state index is 14.7. The monoisotopic (exact) mass is 465 g/mol. The predicted octanol–water partition coefficient (Wildman–Crippen LogP) is 3.39. The summed E-state index contributed by atoms with van der Waals surface area (Å²) in [6.07, 6.45) is -3.17. The Hall–Kier alpha value is -3.13. The third-order valence-corrected chi connectivity index (χ3v) is 5.42. The summed E-state index contributed by atoms with van der Waals surface area (Å²) in [5, 5.41) is 2.24. The number of nitrogens with zero attached hydrogens (tertiary/aromatic N) is 1. The number of halogens is 3. The summed E-state index contributed by atoms with van der Waals surface area (Å²) in [6, 6.07) is 0.831. The van der Waals surface area contributed by atoms with E-state index < -0.39 is 89.6 Å². The van der Waals surface area contributed by atoms with Crippen LogP contribution in [0.4, 0.5) is 8.78 Å². The van der Waals surface area contributed by atoms with Crippen LogP contribution < -0.4 is 5.32 Å². The molecule has 9 heteroatoms. The van der Waals surface area contributed by atoms with Crippen LogP contribution in [0.5, 0.6) is 0 Å². The largest absolute Gasteiger partial charge is 0.330 e. The molecule has 2 aromatic carbocycles. The highest BCUT2D eigenvalue weighted by Crippen LogP contribution is 2.32. The van der Waals surface area contributed by atoms with Gasteiger partial charge in [0.2, 0.25) is 17.6 Å². The number of alkyl halides is 2. The molecule has 6 nitrogen and oxygen atoms in total. The summed E-state index contributed by atoms with van der Waals surface area (Å²) in [5.74, 6) is -8.00. The van der Waals surface area contributed by atoms with Crippen molar-refractivity contribution in [1.82, 2.24) is 10.2 Å². The van der Waals surface area contributed by atoms with Gasteiger partial charge in [-0.25, -0.2) is 0 Å². The lowest BCUT2D eigenvalue weighted by atomic mass is 9.97. The fourth-order valence-electron chi connectivity index (χ4n) is 3.45. The average molecular weight is 466 g/mol. The maximum Gasteiger partial charge on any atom is 0.330 e. The van der Waals surface area contributed by atoms with Crippen molar-refractivity contribution in [2.75, 3.05) is 0 Å². The summed E-state index contributed by atoms with van der Waals surface area (Å²) >= 11 is 5.70. The highest BCUT2D eigenvalue weighted by Gasteiger charge is 2.41. The van der Waals surface area contributed by atoms with Gasteiger partial charge in [0, 0.05) is 36.9 Å². The summed E-state index contributed by atoms with van der Waals surface area (Å²) in [6.45, 7) is -1.68. The van der Waals surface area contributed by atoms with Gasteiger partial charge in [-0.05, 0) is 42.1 Å². The van der Waals surface area contributed by atoms with E-state index >= 15 is 0 Å².